The van der Waals surface area contributed by atoms with Crippen LogP contribution >= 0.6 is 0 Å². The molecule has 0 unspecified atom stereocenters. The maximum Gasteiger partial charge on any atom is 0.341 e. The number of unbranched alkanes of at least 4 members (excludes halogenated alkanes) is 2. The van der Waals surface area contributed by atoms with E-state index in [-0.39, 0.29) is 29.4 Å². The van der Waals surface area contributed by atoms with Gasteiger partial charge in [-0.1, -0.05) is 31.4 Å². The molecule has 2 rings (SSSR count). The minimum absolute atomic E-state index is 0.0193. The molecular weight excluding hydrogens is 452 g/mol. The van der Waals surface area contributed by atoms with E-state index in [0.717, 1.165) is 31.3 Å². The molecule has 0 saturated carbocycles. The van der Waals surface area contributed by atoms with Gasteiger partial charge < -0.3 is 19.3 Å². The third kappa shape index (κ3) is 7.67. The fraction of sp³-hybridized carbons (Fsp3) is 0.556. The van der Waals surface area contributed by atoms with Gasteiger partial charge in [0.2, 0.25) is 0 Å². The first-order valence-electron chi connectivity index (χ1n) is 12.1. The first-order valence-corrected chi connectivity index (χ1v) is 12.1. The molecular formula is C27H36O8. The van der Waals surface area contributed by atoms with E-state index in [2.05, 4.69) is 6.92 Å². The summed E-state index contributed by atoms with van der Waals surface area (Å²) in [6, 6.07) is 1.66. The highest BCUT2D eigenvalue weighted by molar-refractivity contribution is 5.96. The van der Waals surface area contributed by atoms with Gasteiger partial charge >= 0.3 is 23.9 Å². The molecule has 35 heavy (non-hydrogen) atoms. The van der Waals surface area contributed by atoms with Crippen LogP contribution in [0.25, 0.3) is 0 Å². The SMILES string of the molecule is CCCCCc1cc(OC(C)=O)c([C@H]2C=C(C)CC[C@@H]2CCC(=O)O)c(OC(C)=O)c1C(=O)OC. The van der Waals surface area contributed by atoms with E-state index < -0.39 is 29.8 Å². The normalized spacial score (nSPS) is 17.3. The molecule has 1 aromatic carbocycles. The number of esters is 3. The van der Waals surface area contributed by atoms with E-state index >= 15 is 0 Å². The number of carbonyl (C=O) groups excluding carboxylic acids is 3. The Morgan fingerprint density at radius 3 is 2.34 bits per heavy atom. The number of aliphatic carboxylic acids is 1. The lowest BCUT2D eigenvalue weighted by atomic mass is 9.74. The molecule has 0 bridgehead atoms. The molecule has 8 nitrogen and oxygen atoms in total. The third-order valence-electron chi connectivity index (χ3n) is 6.25. The van der Waals surface area contributed by atoms with Gasteiger partial charge in [0, 0.05) is 31.7 Å². The number of carboxylic acids is 1. The average molecular weight is 489 g/mol. The standard InChI is InChI=1S/C27H36O8/c1-6-7-8-9-20-15-22(34-17(3)28)25(26(35-18(4)29)24(20)27(32)33-5)21-14-16(2)10-11-19(21)12-13-23(30)31/h14-15,19,21H,6-13H2,1-5H3,(H,30,31)/t19-,21+/m1/s1. The molecule has 0 aliphatic heterocycles. The van der Waals surface area contributed by atoms with Crippen molar-refractivity contribution in [2.45, 2.75) is 85.0 Å². The van der Waals surface area contributed by atoms with Crippen LogP contribution in [-0.2, 0) is 25.5 Å². The van der Waals surface area contributed by atoms with E-state index in [4.69, 9.17) is 14.2 Å². The van der Waals surface area contributed by atoms with Crippen molar-refractivity contribution in [2.24, 2.45) is 5.92 Å². The minimum atomic E-state index is -0.906. The van der Waals surface area contributed by atoms with Gasteiger partial charge in [-0.2, -0.15) is 0 Å². The van der Waals surface area contributed by atoms with Crippen molar-refractivity contribution >= 4 is 23.9 Å². The number of carbonyl (C=O) groups is 4. The number of ether oxygens (including phenoxy) is 3. The van der Waals surface area contributed by atoms with E-state index in [1.54, 1.807) is 6.07 Å². The van der Waals surface area contributed by atoms with Gasteiger partial charge in [-0.3, -0.25) is 14.4 Å². The molecule has 8 heteroatoms. The number of hydrogen-bond donors (Lipinski definition) is 1. The summed E-state index contributed by atoms with van der Waals surface area (Å²) in [5, 5.41) is 9.27. The summed E-state index contributed by atoms with van der Waals surface area (Å²) >= 11 is 0. The summed E-state index contributed by atoms with van der Waals surface area (Å²) in [6.07, 6.45) is 7.03. The van der Waals surface area contributed by atoms with E-state index in [9.17, 15) is 24.3 Å². The Labute approximate surface area is 206 Å². The zero-order valence-corrected chi connectivity index (χ0v) is 21.3. The van der Waals surface area contributed by atoms with E-state index in [1.165, 1.54) is 21.0 Å². The number of carboxylic acid groups (broad SMARTS) is 1. The second-order valence-corrected chi connectivity index (χ2v) is 9.06. The van der Waals surface area contributed by atoms with Gasteiger partial charge in [0.25, 0.3) is 0 Å². The number of methoxy groups -OCH3 is 1. The van der Waals surface area contributed by atoms with Gasteiger partial charge in [0.05, 0.1) is 7.11 Å². The molecule has 0 heterocycles. The Morgan fingerprint density at radius 2 is 1.77 bits per heavy atom. The van der Waals surface area contributed by atoms with Crippen LogP contribution in [0.2, 0.25) is 0 Å². The van der Waals surface area contributed by atoms with Gasteiger partial charge in [-0.25, -0.2) is 4.79 Å². The second kappa shape index (κ2) is 13.1. The first kappa shape index (κ1) is 28.1. The Kier molecular flexibility index (Phi) is 10.5. The molecule has 1 aliphatic rings. The molecule has 0 spiro atoms. The summed E-state index contributed by atoms with van der Waals surface area (Å²) in [4.78, 5) is 48.6. The lowest BCUT2D eigenvalue weighted by Crippen LogP contribution is -2.22. The number of hydrogen-bond acceptors (Lipinski definition) is 7. The molecule has 0 radical (unpaired) electrons. The third-order valence-corrected chi connectivity index (χ3v) is 6.25. The van der Waals surface area contributed by atoms with Crippen LogP contribution in [0.3, 0.4) is 0 Å². The lowest BCUT2D eigenvalue weighted by molar-refractivity contribution is -0.137. The summed E-state index contributed by atoms with van der Waals surface area (Å²) in [7, 11) is 1.26. The summed E-state index contributed by atoms with van der Waals surface area (Å²) < 4.78 is 16.3. The summed E-state index contributed by atoms with van der Waals surface area (Å²) in [5.74, 6) is -3.04. The molecule has 0 saturated heterocycles. The first-order chi connectivity index (χ1) is 16.6. The largest absolute Gasteiger partial charge is 0.481 e. The highest BCUT2D eigenvalue weighted by Crippen LogP contribution is 2.48. The summed E-state index contributed by atoms with van der Waals surface area (Å²) in [6.45, 7) is 6.56. The number of rotatable bonds is 11. The van der Waals surface area contributed by atoms with Crippen molar-refractivity contribution in [3.8, 4) is 11.5 Å². The van der Waals surface area contributed by atoms with Crippen molar-refractivity contribution in [1.82, 2.24) is 0 Å². The maximum atomic E-state index is 13.0. The predicted molar refractivity (Wildman–Crippen MR) is 130 cm³/mol. The second-order valence-electron chi connectivity index (χ2n) is 9.06. The maximum absolute atomic E-state index is 13.0. The van der Waals surface area contributed by atoms with Crippen LogP contribution in [0, 0.1) is 5.92 Å². The number of aryl methyl sites for hydroxylation is 1. The van der Waals surface area contributed by atoms with Crippen LogP contribution in [0.4, 0.5) is 0 Å². The van der Waals surface area contributed by atoms with Crippen molar-refractivity contribution in [3.63, 3.8) is 0 Å². The summed E-state index contributed by atoms with van der Waals surface area (Å²) in [5.41, 5.74) is 2.18. The Balaban J connectivity index is 2.85. The Morgan fingerprint density at radius 1 is 1.09 bits per heavy atom. The number of benzene rings is 1. The molecule has 1 N–H and O–H groups in total. The smallest absolute Gasteiger partial charge is 0.341 e. The monoisotopic (exact) mass is 488 g/mol. The van der Waals surface area contributed by atoms with Crippen molar-refractivity contribution < 1.29 is 38.5 Å². The van der Waals surface area contributed by atoms with Crippen LogP contribution < -0.4 is 9.47 Å². The topological polar surface area (TPSA) is 116 Å². The van der Waals surface area contributed by atoms with Crippen LogP contribution in [0.5, 0.6) is 11.5 Å². The predicted octanol–water partition coefficient (Wildman–Crippen LogP) is 5.36. The molecule has 192 valence electrons. The fourth-order valence-corrected chi connectivity index (χ4v) is 4.66. The van der Waals surface area contributed by atoms with Gasteiger partial charge in [-0.15, -0.1) is 0 Å². The van der Waals surface area contributed by atoms with Gasteiger partial charge in [-0.05, 0) is 56.6 Å². The van der Waals surface area contributed by atoms with Crippen molar-refractivity contribution in [2.75, 3.05) is 7.11 Å². The van der Waals surface area contributed by atoms with Crippen molar-refractivity contribution in [1.29, 1.82) is 0 Å². The molecule has 0 aromatic heterocycles. The zero-order chi connectivity index (χ0) is 26.1. The van der Waals surface area contributed by atoms with Gasteiger partial charge in [0.15, 0.2) is 5.75 Å². The number of allylic oxidation sites excluding steroid dienone is 2. The lowest BCUT2D eigenvalue weighted by Gasteiger charge is -2.32. The minimum Gasteiger partial charge on any atom is -0.481 e. The Hall–Kier alpha value is -3.16. The quantitative estimate of drug-likeness (QED) is 0.191. The molecule has 0 fully saturated rings. The zero-order valence-electron chi connectivity index (χ0n) is 21.3. The highest BCUT2D eigenvalue weighted by atomic mass is 16.6. The van der Waals surface area contributed by atoms with E-state index in [1.807, 2.05) is 13.0 Å². The van der Waals surface area contributed by atoms with E-state index in [0.29, 0.717) is 30.4 Å². The van der Waals surface area contributed by atoms with Crippen LogP contribution in [0.1, 0.15) is 100 Å². The van der Waals surface area contributed by atoms with Crippen molar-refractivity contribution in [3.05, 3.63) is 34.4 Å². The molecule has 1 aromatic rings. The van der Waals surface area contributed by atoms with Crippen LogP contribution in [-0.4, -0.2) is 36.1 Å². The molecule has 1 aliphatic carbocycles. The average Bonchev–Trinajstić information content (AvgIpc) is 2.77. The molecule has 0 amide bonds. The molecule has 2 atom stereocenters. The van der Waals surface area contributed by atoms with Crippen LogP contribution in [0.15, 0.2) is 17.7 Å². The van der Waals surface area contributed by atoms with Gasteiger partial charge in [0.1, 0.15) is 11.3 Å². The highest BCUT2D eigenvalue weighted by Gasteiger charge is 2.35. The fourth-order valence-electron chi connectivity index (χ4n) is 4.66. The Bertz CT molecular complexity index is 991.